The molecule has 0 saturated carbocycles. The Bertz CT molecular complexity index is 921. The molecule has 1 aromatic heterocycles. The van der Waals surface area contributed by atoms with Crippen LogP contribution in [0.1, 0.15) is 11.3 Å². The molecule has 0 fully saturated rings. The molecule has 8 heteroatoms. The van der Waals surface area contributed by atoms with E-state index in [4.69, 9.17) is 27.9 Å². The van der Waals surface area contributed by atoms with Crippen molar-refractivity contribution in [2.45, 2.75) is 12.8 Å². The zero-order chi connectivity index (χ0) is 18.9. The van der Waals surface area contributed by atoms with Crippen LogP contribution in [-0.2, 0) is 19.8 Å². The molecule has 136 valence electrons. The predicted octanol–water partition coefficient (Wildman–Crippen LogP) is 5.99. The Balaban J connectivity index is 1.79. The molecule has 0 atom stereocenters. The number of aryl methyl sites for hydroxylation is 1. The van der Waals surface area contributed by atoms with E-state index in [1.165, 1.54) is 7.05 Å². The summed E-state index contributed by atoms with van der Waals surface area (Å²) >= 11 is 12.1. The maximum absolute atomic E-state index is 12.8. The Labute approximate surface area is 157 Å². The molecule has 0 amide bonds. The molecular formula is C18H13Cl2F3N2O. The van der Waals surface area contributed by atoms with E-state index in [-0.39, 0.29) is 10.7 Å². The van der Waals surface area contributed by atoms with Crippen molar-refractivity contribution in [3.63, 3.8) is 0 Å². The van der Waals surface area contributed by atoms with Crippen LogP contribution < -0.4 is 4.74 Å². The Hall–Kier alpha value is -2.18. The first-order chi connectivity index (χ1) is 12.2. The Morgan fingerprint density at radius 2 is 1.73 bits per heavy atom. The fourth-order valence-corrected chi connectivity index (χ4v) is 2.79. The van der Waals surface area contributed by atoms with Gasteiger partial charge in [-0.1, -0.05) is 35.3 Å². The number of alkyl halides is 3. The number of benzene rings is 2. The average Bonchev–Trinajstić information content (AvgIpc) is 2.96. The van der Waals surface area contributed by atoms with Crippen molar-refractivity contribution >= 4 is 23.2 Å². The fraction of sp³-hybridized carbons (Fsp3) is 0.167. The van der Waals surface area contributed by atoms with Crippen LogP contribution in [0, 0.1) is 0 Å². The fourth-order valence-electron chi connectivity index (χ4n) is 2.40. The van der Waals surface area contributed by atoms with E-state index in [2.05, 4.69) is 5.10 Å². The highest BCUT2D eigenvalue weighted by Crippen LogP contribution is 2.35. The molecule has 0 spiro atoms. The molecule has 0 radical (unpaired) electrons. The second kappa shape index (κ2) is 7.21. The SMILES string of the molecule is Cn1nc(C(F)(F)F)cc1-c1ccc(OCc2ccc(Cl)cc2)cc1Cl. The van der Waals surface area contributed by atoms with Gasteiger partial charge in [-0.25, -0.2) is 0 Å². The van der Waals surface area contributed by atoms with Gasteiger partial charge in [-0.05, 0) is 42.0 Å². The second-order valence-electron chi connectivity index (χ2n) is 5.59. The van der Waals surface area contributed by atoms with E-state index in [0.717, 1.165) is 16.3 Å². The van der Waals surface area contributed by atoms with Gasteiger partial charge in [0.2, 0.25) is 0 Å². The number of rotatable bonds is 4. The van der Waals surface area contributed by atoms with Gasteiger partial charge in [0.05, 0.1) is 10.7 Å². The molecular weight excluding hydrogens is 388 g/mol. The van der Waals surface area contributed by atoms with Crippen molar-refractivity contribution in [1.29, 1.82) is 0 Å². The molecule has 0 saturated heterocycles. The summed E-state index contributed by atoms with van der Waals surface area (Å²) < 4.78 is 45.2. The zero-order valence-electron chi connectivity index (χ0n) is 13.5. The Morgan fingerprint density at radius 3 is 2.31 bits per heavy atom. The maximum Gasteiger partial charge on any atom is 0.435 e. The van der Waals surface area contributed by atoms with E-state index in [0.29, 0.717) is 22.9 Å². The lowest BCUT2D eigenvalue weighted by atomic mass is 10.1. The molecule has 0 aliphatic rings. The molecule has 0 aliphatic heterocycles. The molecule has 3 rings (SSSR count). The molecule has 3 nitrogen and oxygen atoms in total. The number of nitrogens with zero attached hydrogens (tertiary/aromatic N) is 2. The summed E-state index contributed by atoms with van der Waals surface area (Å²) in [6.07, 6.45) is -4.51. The molecule has 0 aliphatic carbocycles. The lowest BCUT2D eigenvalue weighted by Crippen LogP contribution is -2.06. The second-order valence-corrected chi connectivity index (χ2v) is 6.44. The molecule has 1 heterocycles. The average molecular weight is 401 g/mol. The first-order valence-corrected chi connectivity index (χ1v) is 8.28. The minimum Gasteiger partial charge on any atom is -0.489 e. The minimum atomic E-state index is -4.51. The maximum atomic E-state index is 12.8. The van der Waals surface area contributed by atoms with E-state index in [1.54, 1.807) is 30.3 Å². The first-order valence-electron chi connectivity index (χ1n) is 7.52. The summed E-state index contributed by atoms with van der Waals surface area (Å²) in [4.78, 5) is 0. The van der Waals surface area contributed by atoms with E-state index < -0.39 is 11.9 Å². The summed E-state index contributed by atoms with van der Waals surface area (Å²) in [6, 6.07) is 13.0. The summed E-state index contributed by atoms with van der Waals surface area (Å²) in [7, 11) is 1.44. The largest absolute Gasteiger partial charge is 0.489 e. The minimum absolute atomic E-state index is 0.270. The topological polar surface area (TPSA) is 27.1 Å². The van der Waals surface area contributed by atoms with Gasteiger partial charge in [-0.2, -0.15) is 18.3 Å². The molecule has 0 N–H and O–H groups in total. The standard InChI is InChI=1S/C18H13Cl2F3N2O/c1-25-16(9-17(24-25)18(21,22)23)14-7-6-13(8-15(14)20)26-10-11-2-4-12(19)5-3-11/h2-9H,10H2,1H3. The van der Waals surface area contributed by atoms with Crippen molar-refractivity contribution in [3.05, 3.63) is 69.8 Å². The third-order valence-corrected chi connectivity index (χ3v) is 4.27. The van der Waals surface area contributed by atoms with E-state index in [9.17, 15) is 13.2 Å². The van der Waals surface area contributed by atoms with Crippen LogP contribution in [0.25, 0.3) is 11.3 Å². The van der Waals surface area contributed by atoms with Gasteiger partial charge in [0.15, 0.2) is 5.69 Å². The Morgan fingerprint density at radius 1 is 1.04 bits per heavy atom. The molecule has 3 aromatic rings. The quantitative estimate of drug-likeness (QED) is 0.537. The smallest absolute Gasteiger partial charge is 0.435 e. The van der Waals surface area contributed by atoms with Crippen LogP contribution in [0.3, 0.4) is 0 Å². The molecule has 26 heavy (non-hydrogen) atoms. The number of ether oxygens (including phenoxy) is 1. The monoisotopic (exact) mass is 400 g/mol. The van der Waals surface area contributed by atoms with Gasteiger partial charge in [0.1, 0.15) is 12.4 Å². The third-order valence-electron chi connectivity index (χ3n) is 3.71. The van der Waals surface area contributed by atoms with Gasteiger partial charge in [0, 0.05) is 17.6 Å². The van der Waals surface area contributed by atoms with Gasteiger partial charge >= 0.3 is 6.18 Å². The highest BCUT2D eigenvalue weighted by molar-refractivity contribution is 6.33. The lowest BCUT2D eigenvalue weighted by molar-refractivity contribution is -0.141. The molecule has 2 aromatic carbocycles. The van der Waals surface area contributed by atoms with Crippen LogP contribution in [-0.4, -0.2) is 9.78 Å². The predicted molar refractivity (Wildman–Crippen MR) is 94.4 cm³/mol. The normalized spacial score (nSPS) is 11.6. The van der Waals surface area contributed by atoms with Crippen molar-refractivity contribution in [3.8, 4) is 17.0 Å². The van der Waals surface area contributed by atoms with Crippen LogP contribution in [0.2, 0.25) is 10.0 Å². The van der Waals surface area contributed by atoms with Gasteiger partial charge in [-0.15, -0.1) is 0 Å². The van der Waals surface area contributed by atoms with Crippen LogP contribution in [0.15, 0.2) is 48.5 Å². The zero-order valence-corrected chi connectivity index (χ0v) is 15.0. The van der Waals surface area contributed by atoms with Crippen LogP contribution >= 0.6 is 23.2 Å². The number of hydrogen-bond donors (Lipinski definition) is 0. The van der Waals surface area contributed by atoms with Gasteiger partial charge in [0.25, 0.3) is 0 Å². The van der Waals surface area contributed by atoms with E-state index >= 15 is 0 Å². The highest BCUT2D eigenvalue weighted by Gasteiger charge is 2.34. The summed E-state index contributed by atoms with van der Waals surface area (Å²) in [5, 5.41) is 4.40. The molecule has 0 bridgehead atoms. The Kier molecular flexibility index (Phi) is 5.16. The highest BCUT2D eigenvalue weighted by atomic mass is 35.5. The number of hydrogen-bond acceptors (Lipinski definition) is 2. The first kappa shape index (κ1) is 18.6. The summed E-state index contributed by atoms with van der Waals surface area (Å²) in [5.74, 6) is 0.506. The van der Waals surface area contributed by atoms with Crippen molar-refractivity contribution in [2.24, 2.45) is 7.05 Å². The number of halogens is 5. The van der Waals surface area contributed by atoms with Crippen LogP contribution in [0.5, 0.6) is 5.75 Å². The van der Waals surface area contributed by atoms with Crippen molar-refractivity contribution in [1.82, 2.24) is 9.78 Å². The summed E-state index contributed by atoms with van der Waals surface area (Å²) in [6.45, 7) is 0.316. The van der Waals surface area contributed by atoms with Gasteiger partial charge in [-0.3, -0.25) is 4.68 Å². The lowest BCUT2D eigenvalue weighted by Gasteiger charge is -2.10. The van der Waals surface area contributed by atoms with Crippen molar-refractivity contribution < 1.29 is 17.9 Å². The third kappa shape index (κ3) is 4.14. The van der Waals surface area contributed by atoms with E-state index in [1.807, 2.05) is 12.1 Å². The van der Waals surface area contributed by atoms with Crippen LogP contribution in [0.4, 0.5) is 13.2 Å². The number of aromatic nitrogens is 2. The summed E-state index contributed by atoms with van der Waals surface area (Å²) in [5.41, 5.74) is 0.674. The molecule has 0 unspecified atom stereocenters. The van der Waals surface area contributed by atoms with Crippen molar-refractivity contribution in [2.75, 3.05) is 0 Å². The van der Waals surface area contributed by atoms with Gasteiger partial charge < -0.3 is 4.74 Å².